The van der Waals surface area contributed by atoms with Gasteiger partial charge < -0.3 is 24.5 Å². The second-order valence-electron chi connectivity index (χ2n) is 3.42. The Morgan fingerprint density at radius 3 is 2.78 bits per heavy atom. The largest absolute Gasteiger partial charge is 0.522 e. The molecule has 0 spiro atoms. The quantitative estimate of drug-likeness (QED) is 0.214. The SMILES string of the molecule is C=CCOC(=O)N(C)CCCC(C=O)N[C-]=O.[Fm]. The van der Waals surface area contributed by atoms with Crippen LogP contribution in [0.15, 0.2) is 12.7 Å². The van der Waals surface area contributed by atoms with Gasteiger partial charge in [0.15, 0.2) is 0 Å². The predicted molar refractivity (Wildman–Crippen MR) is 62.1 cm³/mol. The van der Waals surface area contributed by atoms with Crippen molar-refractivity contribution >= 4 is 18.8 Å². The van der Waals surface area contributed by atoms with Gasteiger partial charge >= 0.3 is 6.09 Å². The number of hydrogen-bond donors (Lipinski definition) is 1. The fourth-order valence-corrected chi connectivity index (χ4v) is 1.13. The van der Waals surface area contributed by atoms with E-state index in [4.69, 9.17) is 4.74 Å². The van der Waals surface area contributed by atoms with Crippen LogP contribution in [0.25, 0.3) is 0 Å². The van der Waals surface area contributed by atoms with Crippen LogP contribution in [0.3, 0.4) is 0 Å². The first kappa shape index (κ1) is 17.5. The van der Waals surface area contributed by atoms with Crippen LogP contribution in [-0.2, 0) is 14.3 Å². The van der Waals surface area contributed by atoms with Gasteiger partial charge in [0.2, 0.25) is 0 Å². The topological polar surface area (TPSA) is 75.7 Å². The van der Waals surface area contributed by atoms with E-state index in [-0.39, 0.29) is 6.61 Å². The minimum absolute atomic E-state index is 0. The molecule has 0 aliphatic carbocycles. The molecule has 1 N–H and O–H groups in total. The number of nitrogens with zero attached hydrogens (tertiary/aromatic N) is 1. The number of hydrogen-bond acceptors (Lipinski definition) is 4. The van der Waals surface area contributed by atoms with Crippen LogP contribution in [0, 0.1) is 0 Å². The third-order valence-corrected chi connectivity index (χ3v) is 2.05. The van der Waals surface area contributed by atoms with Crippen molar-refractivity contribution in [1.82, 2.24) is 10.2 Å². The van der Waals surface area contributed by atoms with Crippen LogP contribution in [0.4, 0.5) is 4.79 Å². The zero-order chi connectivity index (χ0) is 13.1. The molecule has 108 valence electrons. The van der Waals surface area contributed by atoms with Gasteiger partial charge in [0.05, 0.1) is 6.04 Å². The average Bonchev–Trinajstić information content (AvgIpc) is 2.34. The van der Waals surface area contributed by atoms with Gasteiger partial charge in [-0.15, -0.1) is 0 Å². The van der Waals surface area contributed by atoms with Gasteiger partial charge in [-0.25, -0.2) is 4.79 Å². The predicted octanol–water partition coefficient (Wildman–Crippen LogP) is 0.245. The maximum atomic E-state index is 11.3. The molecule has 7 heteroatoms. The van der Waals surface area contributed by atoms with Gasteiger partial charge in [0.25, 0.3) is 0 Å². The van der Waals surface area contributed by atoms with E-state index in [1.165, 1.54) is 17.4 Å². The molecule has 0 heterocycles. The first-order valence-electron chi connectivity index (χ1n) is 5.22. The van der Waals surface area contributed by atoms with Crippen LogP contribution in [0.5, 0.6) is 0 Å². The minimum Gasteiger partial charge on any atom is -0.522 e. The van der Waals surface area contributed by atoms with E-state index in [1.54, 1.807) is 7.05 Å². The Bertz CT molecular complexity index is 274. The molecule has 6 nitrogen and oxygen atoms in total. The molecule has 0 aliphatic rings. The van der Waals surface area contributed by atoms with E-state index >= 15 is 0 Å². The smallest absolute Gasteiger partial charge is 0.409 e. The summed E-state index contributed by atoms with van der Waals surface area (Å²) < 4.78 is 4.81. The van der Waals surface area contributed by atoms with Gasteiger partial charge in [0.1, 0.15) is 12.9 Å². The summed E-state index contributed by atoms with van der Waals surface area (Å²) in [7, 11) is 1.60. The summed E-state index contributed by atoms with van der Waals surface area (Å²) in [6.45, 7) is 4.04. The van der Waals surface area contributed by atoms with Crippen molar-refractivity contribution in [3.8, 4) is 0 Å². The molecule has 0 radical (unpaired) electrons. The van der Waals surface area contributed by atoms with Crippen molar-refractivity contribution in [2.45, 2.75) is 18.9 Å². The van der Waals surface area contributed by atoms with Crippen molar-refractivity contribution in [3.63, 3.8) is 0 Å². The molecule has 0 rings (SSSR count). The Kier molecular flexibility index (Phi) is 10.4. The van der Waals surface area contributed by atoms with Crippen LogP contribution < -0.4 is 5.32 Å². The van der Waals surface area contributed by atoms with Gasteiger partial charge in [-0.05, 0) is 12.8 Å². The minimum atomic E-state index is -0.551. The van der Waals surface area contributed by atoms with Crippen molar-refractivity contribution in [2.75, 3.05) is 20.2 Å². The van der Waals surface area contributed by atoms with Gasteiger partial charge in [-0.1, -0.05) is 12.7 Å². The zero-order valence-corrected chi connectivity index (χ0v) is 12.5. The summed E-state index contributed by atoms with van der Waals surface area (Å²) >= 11 is 0. The van der Waals surface area contributed by atoms with Gasteiger partial charge in [-0.2, -0.15) is 6.41 Å². The number of ether oxygens (including phenoxy) is 1. The fourth-order valence-electron chi connectivity index (χ4n) is 1.13. The molecule has 0 aromatic heterocycles. The van der Waals surface area contributed by atoms with E-state index in [2.05, 4.69) is 11.9 Å². The summed E-state index contributed by atoms with van der Waals surface area (Å²) in [6, 6.07) is -0.551. The van der Waals surface area contributed by atoms with E-state index in [9.17, 15) is 14.4 Å². The molecule has 18 heavy (non-hydrogen) atoms. The normalized spacial score (nSPS) is 10.5. The fraction of sp³-hybridized carbons (Fsp3) is 0.545. The molecular weight excluding hydrogens is 481 g/mol. The van der Waals surface area contributed by atoms with Crippen molar-refractivity contribution in [2.24, 2.45) is 0 Å². The molecule has 0 saturated heterocycles. The monoisotopic (exact) mass is 498 g/mol. The Morgan fingerprint density at radius 2 is 2.28 bits per heavy atom. The summed E-state index contributed by atoms with van der Waals surface area (Å²) in [6.07, 6.45) is 4.18. The van der Waals surface area contributed by atoms with Crippen molar-refractivity contribution in [1.29, 1.82) is 0 Å². The Labute approximate surface area is 101 Å². The number of rotatable bonds is 9. The molecular formula is C11H17FmN2O4-. The summed E-state index contributed by atoms with van der Waals surface area (Å²) in [5, 5.41) is 2.25. The second kappa shape index (κ2) is 10.7. The summed E-state index contributed by atoms with van der Waals surface area (Å²) in [5.41, 5.74) is 0. The molecule has 0 aliphatic heterocycles. The number of aldehydes is 1. The number of carbonyl (C=O) groups excluding carboxylic acids is 3. The van der Waals surface area contributed by atoms with E-state index in [0.717, 1.165) is 0 Å². The zero-order valence-electron chi connectivity index (χ0n) is 10.1. The van der Waals surface area contributed by atoms with Crippen LogP contribution in [-0.4, -0.2) is 49.9 Å². The molecule has 0 bridgehead atoms. The molecule has 2 amide bonds. The van der Waals surface area contributed by atoms with Crippen molar-refractivity contribution < 1.29 is 19.1 Å². The number of amides is 2. The maximum absolute atomic E-state index is 11.3. The van der Waals surface area contributed by atoms with Gasteiger partial charge in [-0.3, -0.25) is 0 Å². The third-order valence-electron chi connectivity index (χ3n) is 2.05. The molecule has 0 fully saturated rings. The van der Waals surface area contributed by atoms with Crippen LogP contribution in [0.2, 0.25) is 0 Å². The van der Waals surface area contributed by atoms with Crippen molar-refractivity contribution in [3.05, 3.63) is 12.7 Å². The number of nitrogens with one attached hydrogen (secondary N) is 1. The summed E-state index contributed by atoms with van der Waals surface area (Å²) in [4.78, 5) is 33.2. The second-order valence-corrected chi connectivity index (χ2v) is 3.42. The molecule has 1 unspecified atom stereocenters. The molecule has 0 aromatic rings. The maximum Gasteiger partial charge on any atom is 0.409 e. The van der Waals surface area contributed by atoms with Crippen LogP contribution >= 0.6 is 0 Å². The first-order valence-corrected chi connectivity index (χ1v) is 5.22. The Balaban J connectivity index is 0. The Hall–Kier alpha value is -2.85. The Morgan fingerprint density at radius 1 is 1.61 bits per heavy atom. The average molecular weight is 498 g/mol. The van der Waals surface area contributed by atoms with Gasteiger partial charge in [0, 0.05) is 13.6 Å². The third kappa shape index (κ3) is 7.44. The first-order chi connectivity index (χ1) is 8.15. The summed E-state index contributed by atoms with van der Waals surface area (Å²) in [5.74, 6) is 0. The van der Waals surface area contributed by atoms with E-state index < -0.39 is 12.1 Å². The standard InChI is InChI=1S/C11H17N2O4.Fm/c1-3-7-17-11(16)13(2)6-4-5-10(8-14)12-9-15;/h3,8,10H,1,4-7H2,2H3,(H,12,15);/q-1;. The molecule has 1 atom stereocenters. The van der Waals surface area contributed by atoms with Crippen LogP contribution in [0.1, 0.15) is 12.8 Å². The van der Waals surface area contributed by atoms with E-state index in [1.807, 2.05) is 0 Å². The molecule has 0 saturated carbocycles. The van der Waals surface area contributed by atoms with E-state index in [0.29, 0.717) is 25.7 Å². The molecule has 0 aromatic carbocycles. The number of carbonyl (C=O) groups is 2.